The molecule has 1 amide bonds. The molecule has 6 heteroatoms. The molecule has 1 N–H and O–H groups in total. The highest BCUT2D eigenvalue weighted by molar-refractivity contribution is 7.99. The van der Waals surface area contributed by atoms with Crippen molar-refractivity contribution in [1.29, 1.82) is 0 Å². The maximum absolute atomic E-state index is 12.4. The highest BCUT2D eigenvalue weighted by Crippen LogP contribution is 2.15. The first-order valence-electron chi connectivity index (χ1n) is 7.98. The molecule has 1 rings (SSSR count). The molecule has 0 aromatic carbocycles. The maximum atomic E-state index is 12.4. The minimum Gasteiger partial charge on any atom is -0.444 e. The van der Waals surface area contributed by atoms with E-state index in [9.17, 15) is 14.4 Å². The van der Waals surface area contributed by atoms with E-state index in [4.69, 9.17) is 4.74 Å². The van der Waals surface area contributed by atoms with E-state index in [0.717, 1.165) is 12.2 Å². The first kappa shape index (κ1) is 19.7. The summed E-state index contributed by atoms with van der Waals surface area (Å²) >= 11 is 1.58. The molecule has 0 aromatic rings. The van der Waals surface area contributed by atoms with Crippen molar-refractivity contribution < 1.29 is 19.1 Å². The van der Waals surface area contributed by atoms with Crippen LogP contribution in [0.1, 0.15) is 47.0 Å². The average Bonchev–Trinajstić information content (AvgIpc) is 2.40. The summed E-state index contributed by atoms with van der Waals surface area (Å²) in [6, 6.07) is -0.555. The van der Waals surface area contributed by atoms with Crippen molar-refractivity contribution >= 4 is 29.4 Å². The van der Waals surface area contributed by atoms with E-state index in [1.54, 1.807) is 44.7 Å². The van der Waals surface area contributed by atoms with Gasteiger partial charge in [0.15, 0.2) is 11.6 Å². The quantitative estimate of drug-likeness (QED) is 0.793. The van der Waals surface area contributed by atoms with Crippen LogP contribution in [0.25, 0.3) is 0 Å². The predicted octanol–water partition coefficient (Wildman–Crippen LogP) is 3.13. The van der Waals surface area contributed by atoms with Crippen LogP contribution in [0.2, 0.25) is 0 Å². The highest BCUT2D eigenvalue weighted by atomic mass is 32.2. The molecule has 0 fully saturated rings. The van der Waals surface area contributed by atoms with E-state index in [0.29, 0.717) is 18.6 Å². The van der Waals surface area contributed by atoms with Gasteiger partial charge >= 0.3 is 6.09 Å². The Bertz CT molecular complexity index is 468. The summed E-state index contributed by atoms with van der Waals surface area (Å²) in [5.74, 6) is 1.33. The van der Waals surface area contributed by atoms with Crippen LogP contribution in [-0.2, 0) is 14.3 Å². The fourth-order valence-electron chi connectivity index (χ4n) is 2.10. The van der Waals surface area contributed by atoms with Crippen molar-refractivity contribution in [1.82, 2.24) is 5.32 Å². The Kier molecular flexibility index (Phi) is 7.82. The van der Waals surface area contributed by atoms with E-state index < -0.39 is 17.7 Å². The van der Waals surface area contributed by atoms with E-state index in [1.165, 1.54) is 0 Å². The van der Waals surface area contributed by atoms with Gasteiger partial charge in [0, 0.05) is 18.6 Å². The fraction of sp³-hybridized carbons (Fsp3) is 0.706. The second-order valence-corrected chi connectivity index (χ2v) is 8.00. The molecule has 1 aliphatic heterocycles. The average molecular weight is 341 g/mol. The number of nitrogens with one attached hydrogen (secondary N) is 1. The van der Waals surface area contributed by atoms with Crippen LogP contribution in [0.3, 0.4) is 0 Å². The van der Waals surface area contributed by atoms with Gasteiger partial charge in [-0.15, -0.1) is 0 Å². The first-order valence-corrected chi connectivity index (χ1v) is 9.14. The van der Waals surface area contributed by atoms with E-state index in [-0.39, 0.29) is 17.5 Å². The first-order chi connectivity index (χ1) is 10.7. The molecule has 0 radical (unpaired) electrons. The van der Waals surface area contributed by atoms with Gasteiger partial charge in [-0.1, -0.05) is 13.0 Å². The number of amides is 1. The standard InChI is InChI=1S/C17H27NO4S/c1-12-7-8-13(19)6-5-9-23-11-14(15(20)10-12)18-16(21)22-17(2,3)4/h7-8,12,14H,5-6,9-11H2,1-4H3,(H,18,21)/b8-7+/t12-,14-/m0/s1. The molecule has 5 nitrogen and oxygen atoms in total. The number of carbonyl (C=O) groups excluding carboxylic acids is 3. The lowest BCUT2D eigenvalue weighted by atomic mass is 9.99. The summed E-state index contributed by atoms with van der Waals surface area (Å²) in [4.78, 5) is 36.0. The number of hydrogen-bond acceptors (Lipinski definition) is 5. The monoisotopic (exact) mass is 341 g/mol. The van der Waals surface area contributed by atoms with Gasteiger partial charge in [-0.2, -0.15) is 11.8 Å². The number of ether oxygens (including phenoxy) is 1. The smallest absolute Gasteiger partial charge is 0.408 e. The van der Waals surface area contributed by atoms with Crippen molar-refractivity contribution in [3.05, 3.63) is 12.2 Å². The van der Waals surface area contributed by atoms with Crippen LogP contribution in [0.5, 0.6) is 0 Å². The van der Waals surface area contributed by atoms with Gasteiger partial charge in [0.25, 0.3) is 0 Å². The van der Waals surface area contributed by atoms with Gasteiger partial charge in [0.1, 0.15) is 5.60 Å². The Labute approximate surface area is 142 Å². The summed E-state index contributed by atoms with van der Waals surface area (Å²) in [5, 5.41) is 2.68. The van der Waals surface area contributed by atoms with Gasteiger partial charge in [-0.3, -0.25) is 9.59 Å². The SMILES string of the molecule is C[C@H]1/C=C/C(=O)CCCSC[C@H](NC(=O)OC(C)(C)C)C(=O)C1. The number of ketones is 2. The number of rotatable bonds is 1. The fourth-order valence-corrected chi connectivity index (χ4v) is 3.12. The minimum atomic E-state index is -0.595. The van der Waals surface area contributed by atoms with E-state index in [2.05, 4.69) is 5.32 Å². The zero-order chi connectivity index (χ0) is 17.5. The molecule has 0 spiro atoms. The van der Waals surface area contributed by atoms with E-state index >= 15 is 0 Å². The molecular weight excluding hydrogens is 314 g/mol. The molecule has 2 atom stereocenters. The Hall–Kier alpha value is -1.30. The van der Waals surface area contributed by atoms with Gasteiger partial charge < -0.3 is 10.1 Å². The van der Waals surface area contributed by atoms with Crippen LogP contribution in [0.15, 0.2) is 12.2 Å². The third-order valence-electron chi connectivity index (χ3n) is 3.21. The number of thioether (sulfide) groups is 1. The van der Waals surface area contributed by atoms with Gasteiger partial charge in [-0.25, -0.2) is 4.79 Å². The second-order valence-electron chi connectivity index (χ2n) is 6.85. The van der Waals surface area contributed by atoms with Gasteiger partial charge in [0.2, 0.25) is 0 Å². The van der Waals surface area contributed by atoms with Crippen LogP contribution in [-0.4, -0.2) is 40.8 Å². The van der Waals surface area contributed by atoms with Crippen molar-refractivity contribution in [3.8, 4) is 0 Å². The lowest BCUT2D eigenvalue weighted by molar-refractivity contribution is -0.121. The Morgan fingerprint density at radius 2 is 2.04 bits per heavy atom. The van der Waals surface area contributed by atoms with Crippen LogP contribution in [0.4, 0.5) is 4.79 Å². The lowest BCUT2D eigenvalue weighted by Gasteiger charge is -2.23. The molecule has 0 saturated heterocycles. The normalized spacial score (nSPS) is 25.9. The van der Waals surface area contributed by atoms with Crippen LogP contribution < -0.4 is 5.32 Å². The zero-order valence-corrected chi connectivity index (χ0v) is 15.2. The third kappa shape index (κ3) is 8.79. The molecule has 0 aromatic heterocycles. The number of hydrogen-bond donors (Lipinski definition) is 1. The molecule has 0 aliphatic carbocycles. The molecule has 0 saturated carbocycles. The molecule has 0 unspecified atom stereocenters. The molecule has 23 heavy (non-hydrogen) atoms. The number of carbonyl (C=O) groups is 3. The van der Waals surface area contributed by atoms with Gasteiger partial charge in [0.05, 0.1) is 6.04 Å². The van der Waals surface area contributed by atoms with Crippen molar-refractivity contribution in [2.24, 2.45) is 5.92 Å². The maximum Gasteiger partial charge on any atom is 0.408 e. The molecule has 130 valence electrons. The highest BCUT2D eigenvalue weighted by Gasteiger charge is 2.25. The zero-order valence-electron chi connectivity index (χ0n) is 14.4. The van der Waals surface area contributed by atoms with Crippen molar-refractivity contribution in [2.45, 2.75) is 58.6 Å². The lowest BCUT2D eigenvalue weighted by Crippen LogP contribution is -2.45. The Balaban J connectivity index is 2.72. The predicted molar refractivity (Wildman–Crippen MR) is 92.7 cm³/mol. The van der Waals surface area contributed by atoms with Crippen LogP contribution >= 0.6 is 11.8 Å². The van der Waals surface area contributed by atoms with E-state index in [1.807, 2.05) is 6.92 Å². The number of allylic oxidation sites excluding steroid dienone is 2. The number of alkyl carbamates (subject to hydrolysis) is 1. The molecule has 1 heterocycles. The largest absolute Gasteiger partial charge is 0.444 e. The summed E-state index contributed by atoms with van der Waals surface area (Å²) in [6.07, 6.45) is 4.37. The molecule has 1 aliphatic rings. The summed E-state index contributed by atoms with van der Waals surface area (Å²) in [7, 11) is 0. The Morgan fingerprint density at radius 1 is 1.35 bits per heavy atom. The topological polar surface area (TPSA) is 72.5 Å². The Morgan fingerprint density at radius 3 is 2.70 bits per heavy atom. The summed E-state index contributed by atoms with van der Waals surface area (Å²) in [6.45, 7) is 7.25. The van der Waals surface area contributed by atoms with Gasteiger partial charge in [-0.05, 0) is 44.9 Å². The summed E-state index contributed by atoms with van der Waals surface area (Å²) < 4.78 is 5.23. The molecular formula is C17H27NO4S. The van der Waals surface area contributed by atoms with Crippen LogP contribution in [0, 0.1) is 5.92 Å². The molecule has 0 bridgehead atoms. The number of Topliss-reactive ketones (excluding diaryl/α,β-unsaturated/α-hetero) is 1. The second kappa shape index (κ2) is 9.11. The van der Waals surface area contributed by atoms with Crippen molar-refractivity contribution in [3.63, 3.8) is 0 Å². The summed E-state index contributed by atoms with van der Waals surface area (Å²) in [5.41, 5.74) is -0.595. The minimum absolute atomic E-state index is 0.0289. The van der Waals surface area contributed by atoms with Crippen molar-refractivity contribution in [2.75, 3.05) is 11.5 Å². The third-order valence-corrected chi connectivity index (χ3v) is 4.36.